The monoisotopic (exact) mass is 253 g/mol. The summed E-state index contributed by atoms with van der Waals surface area (Å²) in [6.07, 6.45) is 3.55. The Hall–Kier alpha value is -0.630. The zero-order chi connectivity index (χ0) is 13.6. The summed E-state index contributed by atoms with van der Waals surface area (Å²) in [5.41, 5.74) is -0.422. The van der Waals surface area contributed by atoms with E-state index in [9.17, 15) is 5.26 Å². The number of methoxy groups -OCH3 is 1. The molecular weight excluding hydrogens is 226 g/mol. The predicted molar refractivity (Wildman–Crippen MR) is 73.3 cm³/mol. The van der Waals surface area contributed by atoms with Crippen LogP contribution in [0.1, 0.15) is 33.1 Å². The van der Waals surface area contributed by atoms with Gasteiger partial charge in [0.15, 0.2) is 0 Å². The molecule has 0 aromatic heterocycles. The number of nitrogens with zero attached hydrogens (tertiary/aromatic N) is 2. The molecule has 1 aliphatic rings. The van der Waals surface area contributed by atoms with E-state index in [0.717, 1.165) is 32.0 Å². The Labute approximate surface area is 111 Å². The molecule has 0 saturated heterocycles. The van der Waals surface area contributed by atoms with E-state index in [4.69, 9.17) is 4.74 Å². The van der Waals surface area contributed by atoms with Crippen LogP contribution < -0.4 is 5.32 Å². The van der Waals surface area contributed by atoms with Gasteiger partial charge in [0, 0.05) is 26.2 Å². The maximum Gasteiger partial charge on any atom is 0.104 e. The van der Waals surface area contributed by atoms with Crippen LogP contribution in [0.15, 0.2) is 0 Å². The van der Waals surface area contributed by atoms with Crippen LogP contribution in [0.3, 0.4) is 0 Å². The zero-order valence-corrected chi connectivity index (χ0v) is 12.2. The zero-order valence-electron chi connectivity index (χ0n) is 12.2. The van der Waals surface area contributed by atoms with E-state index in [-0.39, 0.29) is 0 Å². The number of nitrogens with one attached hydrogen (secondary N) is 1. The highest BCUT2D eigenvalue weighted by Gasteiger charge is 2.32. The SMILES string of the molecule is CNC(C)(C#N)CCN(CCOC)C(C)C1CC1. The molecule has 0 amide bonds. The van der Waals surface area contributed by atoms with Gasteiger partial charge in [-0.3, -0.25) is 4.90 Å². The summed E-state index contributed by atoms with van der Waals surface area (Å²) in [6.45, 7) is 6.94. The molecule has 0 spiro atoms. The van der Waals surface area contributed by atoms with Gasteiger partial charge in [-0.1, -0.05) is 0 Å². The van der Waals surface area contributed by atoms with Gasteiger partial charge >= 0.3 is 0 Å². The predicted octanol–water partition coefficient (Wildman–Crippen LogP) is 1.63. The van der Waals surface area contributed by atoms with Crippen molar-refractivity contribution in [1.29, 1.82) is 5.26 Å². The lowest BCUT2D eigenvalue weighted by atomic mass is 9.99. The number of ether oxygens (including phenoxy) is 1. The van der Waals surface area contributed by atoms with E-state index < -0.39 is 5.54 Å². The number of hydrogen-bond donors (Lipinski definition) is 1. The van der Waals surface area contributed by atoms with Gasteiger partial charge in [0.2, 0.25) is 0 Å². The molecule has 0 bridgehead atoms. The van der Waals surface area contributed by atoms with Crippen LogP contribution >= 0.6 is 0 Å². The third kappa shape index (κ3) is 4.56. The Morgan fingerprint density at radius 2 is 2.17 bits per heavy atom. The molecule has 0 radical (unpaired) electrons. The molecule has 1 saturated carbocycles. The maximum atomic E-state index is 9.18. The molecule has 2 atom stereocenters. The van der Waals surface area contributed by atoms with Crippen molar-refractivity contribution in [3.63, 3.8) is 0 Å². The fraction of sp³-hybridized carbons (Fsp3) is 0.929. The summed E-state index contributed by atoms with van der Waals surface area (Å²) in [6, 6.07) is 2.97. The highest BCUT2D eigenvalue weighted by molar-refractivity contribution is 5.03. The molecule has 4 nitrogen and oxygen atoms in total. The smallest absolute Gasteiger partial charge is 0.104 e. The van der Waals surface area contributed by atoms with Crippen LogP contribution in [0.2, 0.25) is 0 Å². The first-order valence-electron chi connectivity index (χ1n) is 6.89. The summed E-state index contributed by atoms with van der Waals surface area (Å²) in [4.78, 5) is 2.47. The van der Waals surface area contributed by atoms with E-state index in [1.165, 1.54) is 12.8 Å². The minimum Gasteiger partial charge on any atom is -0.383 e. The molecule has 104 valence electrons. The van der Waals surface area contributed by atoms with Crippen molar-refractivity contribution < 1.29 is 4.74 Å². The second-order valence-electron chi connectivity index (χ2n) is 5.55. The van der Waals surface area contributed by atoms with Gasteiger partial charge in [-0.15, -0.1) is 0 Å². The molecule has 18 heavy (non-hydrogen) atoms. The van der Waals surface area contributed by atoms with Crippen molar-refractivity contribution in [3.8, 4) is 6.07 Å². The van der Waals surface area contributed by atoms with Gasteiger partial charge < -0.3 is 10.1 Å². The van der Waals surface area contributed by atoms with Crippen molar-refractivity contribution in [2.75, 3.05) is 33.9 Å². The van der Waals surface area contributed by atoms with Crippen molar-refractivity contribution in [2.24, 2.45) is 5.92 Å². The lowest BCUT2D eigenvalue weighted by molar-refractivity contribution is 0.111. The summed E-state index contributed by atoms with van der Waals surface area (Å²) in [5.74, 6) is 0.852. The first-order valence-corrected chi connectivity index (χ1v) is 6.89. The largest absolute Gasteiger partial charge is 0.383 e. The third-order valence-corrected chi connectivity index (χ3v) is 4.16. The molecule has 1 aliphatic carbocycles. The molecule has 1 N–H and O–H groups in total. The first kappa shape index (κ1) is 15.4. The Balaban J connectivity index is 2.47. The number of hydrogen-bond acceptors (Lipinski definition) is 4. The minimum atomic E-state index is -0.422. The van der Waals surface area contributed by atoms with Gasteiger partial charge in [-0.2, -0.15) is 5.26 Å². The molecule has 1 rings (SSSR count). The Kier molecular flexibility index (Phi) is 6.07. The number of rotatable bonds is 9. The van der Waals surface area contributed by atoms with Crippen LogP contribution in [0.25, 0.3) is 0 Å². The van der Waals surface area contributed by atoms with Gasteiger partial charge in [-0.05, 0) is 46.1 Å². The third-order valence-electron chi connectivity index (χ3n) is 4.16. The molecule has 4 heteroatoms. The van der Waals surface area contributed by atoms with Gasteiger partial charge in [0.25, 0.3) is 0 Å². The Morgan fingerprint density at radius 1 is 1.50 bits per heavy atom. The summed E-state index contributed by atoms with van der Waals surface area (Å²) < 4.78 is 5.18. The van der Waals surface area contributed by atoms with Crippen LogP contribution in [0, 0.1) is 17.2 Å². The first-order chi connectivity index (χ1) is 8.56. The van der Waals surface area contributed by atoms with Crippen LogP contribution in [-0.2, 0) is 4.74 Å². The number of nitriles is 1. The van der Waals surface area contributed by atoms with E-state index in [1.807, 2.05) is 14.0 Å². The van der Waals surface area contributed by atoms with Crippen molar-refractivity contribution in [3.05, 3.63) is 0 Å². The fourth-order valence-electron chi connectivity index (χ4n) is 2.21. The average Bonchev–Trinajstić information content (AvgIpc) is 3.22. The van der Waals surface area contributed by atoms with Crippen LogP contribution in [0.4, 0.5) is 0 Å². The molecule has 0 aromatic carbocycles. The van der Waals surface area contributed by atoms with Crippen molar-refractivity contribution >= 4 is 0 Å². The average molecular weight is 253 g/mol. The summed E-state index contributed by atoms with van der Waals surface area (Å²) >= 11 is 0. The molecule has 1 fully saturated rings. The van der Waals surface area contributed by atoms with Crippen LogP contribution in [0.5, 0.6) is 0 Å². The van der Waals surface area contributed by atoms with Gasteiger partial charge in [0.1, 0.15) is 5.54 Å². The second-order valence-corrected chi connectivity index (χ2v) is 5.55. The second kappa shape index (κ2) is 7.08. The molecule has 0 aliphatic heterocycles. The fourth-order valence-corrected chi connectivity index (χ4v) is 2.21. The van der Waals surface area contributed by atoms with E-state index >= 15 is 0 Å². The lowest BCUT2D eigenvalue weighted by Gasteiger charge is -2.32. The van der Waals surface area contributed by atoms with E-state index in [2.05, 4.69) is 23.2 Å². The van der Waals surface area contributed by atoms with Crippen LogP contribution in [-0.4, -0.2) is 50.3 Å². The van der Waals surface area contributed by atoms with Crippen molar-refractivity contribution in [2.45, 2.75) is 44.7 Å². The lowest BCUT2D eigenvalue weighted by Crippen LogP contribution is -2.45. The molecule has 0 aromatic rings. The molecule has 2 unspecified atom stereocenters. The van der Waals surface area contributed by atoms with Gasteiger partial charge in [0.05, 0.1) is 12.7 Å². The summed E-state index contributed by atoms with van der Waals surface area (Å²) in [5, 5.41) is 12.3. The Morgan fingerprint density at radius 3 is 2.61 bits per heavy atom. The highest BCUT2D eigenvalue weighted by atomic mass is 16.5. The van der Waals surface area contributed by atoms with E-state index in [1.54, 1.807) is 7.11 Å². The highest BCUT2D eigenvalue weighted by Crippen LogP contribution is 2.35. The topological polar surface area (TPSA) is 48.3 Å². The van der Waals surface area contributed by atoms with E-state index in [0.29, 0.717) is 6.04 Å². The standard InChI is InChI=1S/C14H27N3O/c1-12(13-5-6-13)17(9-10-18-4)8-7-14(2,11-15)16-3/h12-13,16H,5-10H2,1-4H3. The minimum absolute atomic E-state index is 0.422. The molecular formula is C14H27N3O. The van der Waals surface area contributed by atoms with Crippen molar-refractivity contribution in [1.82, 2.24) is 10.2 Å². The summed E-state index contributed by atoms with van der Waals surface area (Å²) in [7, 11) is 3.60. The van der Waals surface area contributed by atoms with Gasteiger partial charge in [-0.25, -0.2) is 0 Å². The molecule has 0 heterocycles. The quantitative estimate of drug-likeness (QED) is 0.678. The Bertz CT molecular complexity index is 285. The normalized spacial score (nSPS) is 20.4. The maximum absolute atomic E-state index is 9.18.